The van der Waals surface area contributed by atoms with Crippen molar-refractivity contribution in [3.63, 3.8) is 0 Å². The fraction of sp³-hybridized carbons (Fsp3) is 0.333. The molecule has 1 aliphatic rings. The quantitative estimate of drug-likeness (QED) is 0.694. The minimum atomic E-state index is -0.484. The number of non-ortho nitro benzene ring substituents is 1. The van der Waals surface area contributed by atoms with Crippen molar-refractivity contribution in [1.29, 1.82) is 0 Å². The van der Waals surface area contributed by atoms with Crippen molar-refractivity contribution >= 4 is 28.2 Å². The summed E-state index contributed by atoms with van der Waals surface area (Å²) in [5, 5.41) is 14.4. The molecule has 7 nitrogen and oxygen atoms in total. The second kappa shape index (κ2) is 5.69. The summed E-state index contributed by atoms with van der Waals surface area (Å²) in [5.74, 6) is -0.0774. The van der Waals surface area contributed by atoms with E-state index in [1.54, 1.807) is 12.1 Å². The maximum Gasteiger partial charge on any atom is 0.295 e. The van der Waals surface area contributed by atoms with Crippen molar-refractivity contribution in [2.24, 2.45) is 5.92 Å². The number of carbonyl (C=O) groups is 1. The second-order valence-electron chi connectivity index (χ2n) is 5.34. The van der Waals surface area contributed by atoms with Gasteiger partial charge in [-0.1, -0.05) is 6.92 Å². The second-order valence-corrected chi connectivity index (χ2v) is 5.34. The number of carbonyl (C=O) groups excluding carboxylic acids is 1. The highest BCUT2D eigenvalue weighted by molar-refractivity contribution is 6.05. The maximum absolute atomic E-state index is 12.3. The molecule has 22 heavy (non-hydrogen) atoms. The number of rotatable bonds is 3. The number of fused-ring (bicyclic) bond motifs is 1. The van der Waals surface area contributed by atoms with Crippen molar-refractivity contribution in [1.82, 2.24) is 4.98 Å². The van der Waals surface area contributed by atoms with Crippen LogP contribution in [0, 0.1) is 16.0 Å². The summed E-state index contributed by atoms with van der Waals surface area (Å²) in [7, 11) is 0. The van der Waals surface area contributed by atoms with Gasteiger partial charge in [-0.25, -0.2) is 4.98 Å². The van der Waals surface area contributed by atoms with Gasteiger partial charge in [-0.2, -0.15) is 0 Å². The first-order valence-corrected chi connectivity index (χ1v) is 7.02. The Morgan fingerprint density at radius 3 is 2.95 bits per heavy atom. The predicted octanol–water partition coefficient (Wildman–Crippen LogP) is 2.51. The van der Waals surface area contributed by atoms with Crippen LogP contribution >= 0.6 is 0 Å². The lowest BCUT2D eigenvalue weighted by Gasteiger charge is -2.15. The molecule has 7 heteroatoms. The Labute approximate surface area is 126 Å². The molecule has 0 aliphatic carbocycles. The standard InChI is InChI=1S/C15H15N3O4/c1-9-6-8-22-14(9)15(19)17-11-4-5-12(18(20)21)13-10(11)3-2-7-16-13/h2-5,7,9,14H,6,8H2,1H3,(H,17,19). The number of aromatic nitrogens is 1. The highest BCUT2D eigenvalue weighted by Gasteiger charge is 2.31. The van der Waals surface area contributed by atoms with Gasteiger partial charge in [0.15, 0.2) is 0 Å². The highest BCUT2D eigenvalue weighted by atomic mass is 16.6. The molecule has 114 valence electrons. The summed E-state index contributed by atoms with van der Waals surface area (Å²) in [5.41, 5.74) is 0.672. The number of hydrogen-bond donors (Lipinski definition) is 1. The number of anilines is 1. The fourth-order valence-corrected chi connectivity index (χ4v) is 2.65. The first-order chi connectivity index (χ1) is 10.6. The van der Waals surface area contributed by atoms with E-state index in [0.29, 0.717) is 17.7 Å². The van der Waals surface area contributed by atoms with E-state index in [4.69, 9.17) is 4.74 Å². The molecule has 0 bridgehead atoms. The average molecular weight is 301 g/mol. The molecule has 2 aromatic rings. The van der Waals surface area contributed by atoms with Crippen LogP contribution in [0.25, 0.3) is 10.9 Å². The van der Waals surface area contributed by atoms with Crippen molar-refractivity contribution in [2.45, 2.75) is 19.4 Å². The fourth-order valence-electron chi connectivity index (χ4n) is 2.65. The third kappa shape index (κ3) is 2.50. The van der Waals surface area contributed by atoms with Gasteiger partial charge in [0, 0.05) is 24.3 Å². The molecule has 1 aliphatic heterocycles. The van der Waals surface area contributed by atoms with Crippen LogP contribution in [0.4, 0.5) is 11.4 Å². The van der Waals surface area contributed by atoms with Gasteiger partial charge >= 0.3 is 0 Å². The lowest BCUT2D eigenvalue weighted by atomic mass is 10.0. The number of ether oxygens (including phenoxy) is 1. The minimum absolute atomic E-state index is 0.0842. The van der Waals surface area contributed by atoms with Gasteiger partial charge in [0.05, 0.1) is 10.6 Å². The van der Waals surface area contributed by atoms with Gasteiger partial charge in [-0.3, -0.25) is 14.9 Å². The van der Waals surface area contributed by atoms with Crippen LogP contribution in [0.5, 0.6) is 0 Å². The van der Waals surface area contributed by atoms with Crippen LogP contribution in [-0.4, -0.2) is 28.5 Å². The number of amides is 1. The number of nitro benzene ring substituents is 1. The summed E-state index contributed by atoms with van der Waals surface area (Å²) in [4.78, 5) is 26.9. The van der Waals surface area contributed by atoms with E-state index in [1.165, 1.54) is 18.3 Å². The lowest BCUT2D eigenvalue weighted by molar-refractivity contribution is -0.383. The highest BCUT2D eigenvalue weighted by Crippen LogP contribution is 2.30. The molecule has 1 N–H and O–H groups in total. The van der Waals surface area contributed by atoms with E-state index < -0.39 is 11.0 Å². The van der Waals surface area contributed by atoms with Gasteiger partial charge in [0.25, 0.3) is 11.6 Å². The van der Waals surface area contributed by atoms with Gasteiger partial charge < -0.3 is 10.1 Å². The van der Waals surface area contributed by atoms with Crippen molar-refractivity contribution < 1.29 is 14.5 Å². The first-order valence-electron chi connectivity index (χ1n) is 7.02. The van der Waals surface area contributed by atoms with Crippen molar-refractivity contribution in [3.05, 3.63) is 40.6 Å². The van der Waals surface area contributed by atoms with E-state index in [-0.39, 0.29) is 23.0 Å². The smallest absolute Gasteiger partial charge is 0.295 e. The third-order valence-corrected chi connectivity index (χ3v) is 3.85. The monoisotopic (exact) mass is 301 g/mol. The minimum Gasteiger partial charge on any atom is -0.368 e. The van der Waals surface area contributed by atoms with E-state index in [0.717, 1.165) is 6.42 Å². The molecule has 1 aromatic carbocycles. The molecular weight excluding hydrogens is 286 g/mol. The molecule has 2 unspecified atom stereocenters. The average Bonchev–Trinajstić information content (AvgIpc) is 2.93. The molecule has 1 amide bonds. The Kier molecular flexibility index (Phi) is 3.72. The molecular formula is C15H15N3O4. The van der Waals surface area contributed by atoms with Crippen molar-refractivity contribution in [2.75, 3.05) is 11.9 Å². The largest absolute Gasteiger partial charge is 0.368 e. The van der Waals surface area contributed by atoms with Gasteiger partial charge in [0.2, 0.25) is 0 Å². The van der Waals surface area contributed by atoms with E-state index in [9.17, 15) is 14.9 Å². The molecule has 1 saturated heterocycles. The van der Waals surface area contributed by atoms with Gasteiger partial charge in [0.1, 0.15) is 11.6 Å². The summed E-state index contributed by atoms with van der Waals surface area (Å²) < 4.78 is 5.44. The number of benzene rings is 1. The van der Waals surface area contributed by atoms with Crippen LogP contribution in [0.2, 0.25) is 0 Å². The zero-order chi connectivity index (χ0) is 15.7. The summed E-state index contributed by atoms with van der Waals surface area (Å²) >= 11 is 0. The molecule has 3 rings (SSSR count). The molecule has 2 heterocycles. The maximum atomic E-state index is 12.3. The van der Waals surface area contributed by atoms with E-state index in [1.807, 2.05) is 6.92 Å². The lowest BCUT2D eigenvalue weighted by Crippen LogP contribution is -2.31. The Morgan fingerprint density at radius 1 is 1.45 bits per heavy atom. The van der Waals surface area contributed by atoms with Crippen LogP contribution in [0.3, 0.4) is 0 Å². The molecule has 0 radical (unpaired) electrons. The van der Waals surface area contributed by atoms with Crippen molar-refractivity contribution in [3.8, 4) is 0 Å². The number of nitrogens with one attached hydrogen (secondary N) is 1. The Bertz CT molecular complexity index is 747. The Morgan fingerprint density at radius 2 is 2.27 bits per heavy atom. The number of nitro groups is 1. The molecule has 1 fully saturated rings. The van der Waals surface area contributed by atoms with Crippen LogP contribution in [0.15, 0.2) is 30.5 Å². The Balaban J connectivity index is 1.96. The molecule has 0 spiro atoms. The third-order valence-electron chi connectivity index (χ3n) is 3.85. The van der Waals surface area contributed by atoms with Crippen LogP contribution in [0.1, 0.15) is 13.3 Å². The zero-order valence-electron chi connectivity index (χ0n) is 12.0. The molecule has 2 atom stereocenters. The van der Waals surface area contributed by atoms with E-state index >= 15 is 0 Å². The molecule has 0 saturated carbocycles. The number of nitrogens with zero attached hydrogens (tertiary/aromatic N) is 2. The predicted molar refractivity (Wildman–Crippen MR) is 80.5 cm³/mol. The number of hydrogen-bond acceptors (Lipinski definition) is 5. The van der Waals surface area contributed by atoms with Gasteiger partial charge in [-0.15, -0.1) is 0 Å². The summed E-state index contributed by atoms with van der Waals surface area (Å²) in [6.45, 7) is 2.54. The van der Waals surface area contributed by atoms with Gasteiger partial charge in [-0.05, 0) is 30.5 Å². The zero-order valence-corrected chi connectivity index (χ0v) is 12.0. The number of pyridine rings is 1. The summed E-state index contributed by atoms with van der Waals surface area (Å²) in [6.07, 6.45) is 1.85. The molecule has 1 aromatic heterocycles. The van der Waals surface area contributed by atoms with E-state index in [2.05, 4.69) is 10.3 Å². The first kappa shape index (κ1) is 14.4. The Hall–Kier alpha value is -2.54. The van der Waals surface area contributed by atoms with Crippen LogP contribution in [-0.2, 0) is 9.53 Å². The summed E-state index contributed by atoms with van der Waals surface area (Å²) in [6, 6.07) is 6.25. The SMILES string of the molecule is CC1CCOC1C(=O)Nc1ccc([N+](=O)[O-])c2ncccc12. The normalized spacial score (nSPS) is 21.0. The van der Waals surface area contributed by atoms with Crippen LogP contribution < -0.4 is 5.32 Å². The topological polar surface area (TPSA) is 94.4 Å².